The molecule has 0 saturated heterocycles. The van der Waals surface area contributed by atoms with Gasteiger partial charge in [-0.1, -0.05) is 0 Å². The van der Waals surface area contributed by atoms with Crippen LogP contribution >= 0.6 is 0 Å². The summed E-state index contributed by atoms with van der Waals surface area (Å²) in [4.78, 5) is 3.31. The summed E-state index contributed by atoms with van der Waals surface area (Å²) in [6, 6.07) is 0. The summed E-state index contributed by atoms with van der Waals surface area (Å²) < 4.78 is 109. The number of aromatic nitrogens is 3. The van der Waals surface area contributed by atoms with E-state index in [1.54, 1.807) is 0 Å². The average Bonchev–Trinajstić information content (AvgIpc) is 3.04. The van der Waals surface area contributed by atoms with Crippen LogP contribution in [0, 0.1) is 0 Å². The molecule has 0 amide bonds. The van der Waals surface area contributed by atoms with Crippen LogP contribution < -0.4 is 4.74 Å². The van der Waals surface area contributed by atoms with Crippen LogP contribution in [0.4, 0.5) is 26.3 Å². The van der Waals surface area contributed by atoms with Crippen LogP contribution in [0.5, 0.6) is 5.88 Å². The molecule has 140 valence electrons. The number of sulfone groups is 1. The molecule has 0 N–H and O–H groups in total. The van der Waals surface area contributed by atoms with Crippen LogP contribution in [-0.4, -0.2) is 36.0 Å². The second-order valence-corrected chi connectivity index (χ2v) is 6.58. The second-order valence-electron chi connectivity index (χ2n) is 4.71. The first-order valence-electron chi connectivity index (χ1n) is 6.26. The van der Waals surface area contributed by atoms with E-state index in [-0.39, 0.29) is 0 Å². The van der Waals surface area contributed by atoms with E-state index in [0.29, 0.717) is 4.68 Å². The fourth-order valence-corrected chi connectivity index (χ4v) is 3.04. The number of oxazole rings is 1. The topological polar surface area (TPSA) is 87.2 Å². The molecule has 0 saturated carbocycles. The number of hydrogen-bond donors (Lipinski definition) is 0. The predicted molar refractivity (Wildman–Crippen MR) is 67.2 cm³/mol. The Morgan fingerprint density at radius 2 is 1.88 bits per heavy atom. The van der Waals surface area contributed by atoms with Crippen molar-refractivity contribution in [2.45, 2.75) is 23.3 Å². The highest BCUT2D eigenvalue weighted by molar-refractivity contribution is 7.90. The third-order valence-corrected chi connectivity index (χ3v) is 4.14. The van der Waals surface area contributed by atoms with Crippen molar-refractivity contribution >= 4 is 9.84 Å². The van der Waals surface area contributed by atoms with Gasteiger partial charge in [0, 0.05) is 7.05 Å². The first-order chi connectivity index (χ1) is 11.3. The van der Waals surface area contributed by atoms with Gasteiger partial charge in [0.25, 0.3) is 0 Å². The lowest BCUT2D eigenvalue weighted by molar-refractivity contribution is -0.154. The minimum absolute atomic E-state index is 0.384. The van der Waals surface area contributed by atoms with E-state index in [2.05, 4.69) is 19.2 Å². The normalized spacial score (nSPS) is 13.2. The van der Waals surface area contributed by atoms with Crippen LogP contribution in [0.25, 0.3) is 0 Å². The molecule has 2 aromatic heterocycles. The van der Waals surface area contributed by atoms with E-state index in [9.17, 15) is 34.8 Å². The molecule has 2 aromatic rings. The molecule has 0 aliphatic rings. The van der Waals surface area contributed by atoms with Gasteiger partial charge in [-0.25, -0.2) is 18.1 Å². The predicted octanol–water partition coefficient (Wildman–Crippen LogP) is 2.34. The Kier molecular flexibility index (Phi) is 4.76. The minimum atomic E-state index is -5.11. The Morgan fingerprint density at radius 1 is 1.24 bits per heavy atom. The maximum Gasteiger partial charge on any atom is 0.435 e. The summed E-state index contributed by atoms with van der Waals surface area (Å²) in [5.74, 6) is -2.33. The molecule has 25 heavy (non-hydrogen) atoms. The van der Waals surface area contributed by atoms with Crippen molar-refractivity contribution in [3.63, 3.8) is 0 Å². The first-order valence-corrected chi connectivity index (χ1v) is 7.91. The summed E-state index contributed by atoms with van der Waals surface area (Å²) in [5.41, 5.74) is -2.75. The second kappa shape index (κ2) is 6.24. The average molecular weight is 393 g/mol. The van der Waals surface area contributed by atoms with E-state index in [0.717, 1.165) is 19.5 Å². The fourth-order valence-electron chi connectivity index (χ4n) is 1.86. The van der Waals surface area contributed by atoms with Gasteiger partial charge in [-0.3, -0.25) is 0 Å². The molecule has 0 aromatic carbocycles. The van der Waals surface area contributed by atoms with Crippen molar-refractivity contribution in [1.82, 2.24) is 14.8 Å². The zero-order valence-electron chi connectivity index (χ0n) is 12.2. The van der Waals surface area contributed by atoms with Crippen molar-refractivity contribution in [2.75, 3.05) is 6.61 Å². The monoisotopic (exact) mass is 393 g/mol. The van der Waals surface area contributed by atoms with Gasteiger partial charge >= 0.3 is 17.6 Å². The summed E-state index contributed by atoms with van der Waals surface area (Å²) in [5, 5.41) is 2.15. The van der Waals surface area contributed by atoms with Crippen molar-refractivity contribution in [1.29, 1.82) is 0 Å². The van der Waals surface area contributed by atoms with E-state index < -0.39 is 56.9 Å². The standard InChI is InChI=1S/C11H9F6N3O4S/c1-20-8(24-5-10(12,13)14)6(7(19-20)11(15,16)17)4-25(21,22)9-18-2-3-23-9/h2-3H,4-5H2,1H3. The van der Waals surface area contributed by atoms with Crippen LogP contribution in [0.2, 0.25) is 0 Å². The molecule has 2 heterocycles. The number of alkyl halides is 6. The van der Waals surface area contributed by atoms with Gasteiger partial charge in [-0.2, -0.15) is 31.4 Å². The summed E-state index contributed by atoms with van der Waals surface area (Å²) >= 11 is 0. The molecule has 0 unspecified atom stereocenters. The third-order valence-electron chi connectivity index (χ3n) is 2.74. The van der Waals surface area contributed by atoms with Crippen molar-refractivity contribution in [3.05, 3.63) is 23.7 Å². The summed E-state index contributed by atoms with van der Waals surface area (Å²) in [6.45, 7) is -1.92. The van der Waals surface area contributed by atoms with E-state index in [1.807, 2.05) is 0 Å². The summed E-state index contributed by atoms with van der Waals surface area (Å²) in [6.07, 6.45) is -8.13. The minimum Gasteiger partial charge on any atom is -0.468 e. The SMILES string of the molecule is Cn1nc(C(F)(F)F)c(CS(=O)(=O)c2ncco2)c1OCC(F)(F)F. The van der Waals surface area contributed by atoms with Crippen molar-refractivity contribution in [3.8, 4) is 5.88 Å². The Morgan fingerprint density at radius 3 is 2.36 bits per heavy atom. The van der Waals surface area contributed by atoms with Gasteiger partial charge in [-0.05, 0) is 0 Å². The lowest BCUT2D eigenvalue weighted by Gasteiger charge is -2.11. The molecular formula is C11H9F6N3O4S. The molecule has 0 aliphatic heterocycles. The lowest BCUT2D eigenvalue weighted by Crippen LogP contribution is -2.21. The molecule has 0 atom stereocenters. The smallest absolute Gasteiger partial charge is 0.435 e. The molecule has 0 fully saturated rings. The Labute approximate surface area is 136 Å². The molecule has 0 bridgehead atoms. The zero-order valence-corrected chi connectivity index (χ0v) is 13.0. The van der Waals surface area contributed by atoms with Gasteiger partial charge in [0.2, 0.25) is 15.7 Å². The lowest BCUT2D eigenvalue weighted by atomic mass is 10.2. The molecule has 0 radical (unpaired) electrons. The molecule has 7 nitrogen and oxygen atoms in total. The van der Waals surface area contributed by atoms with Crippen molar-refractivity contribution in [2.24, 2.45) is 7.05 Å². The van der Waals surface area contributed by atoms with Crippen LogP contribution in [0.15, 0.2) is 22.1 Å². The fraction of sp³-hybridized carbons (Fsp3) is 0.455. The van der Waals surface area contributed by atoms with Crippen LogP contribution in [0.1, 0.15) is 11.3 Å². The number of rotatable bonds is 5. The van der Waals surface area contributed by atoms with E-state index in [1.165, 1.54) is 0 Å². The molecule has 0 aliphatic carbocycles. The number of halogens is 6. The van der Waals surface area contributed by atoms with Gasteiger partial charge in [0.15, 0.2) is 12.3 Å². The molecule has 2 rings (SSSR count). The molecule has 0 spiro atoms. The quantitative estimate of drug-likeness (QED) is 0.725. The van der Waals surface area contributed by atoms with Gasteiger partial charge in [0.1, 0.15) is 6.26 Å². The van der Waals surface area contributed by atoms with E-state index >= 15 is 0 Å². The number of hydrogen-bond acceptors (Lipinski definition) is 6. The number of ether oxygens (including phenoxy) is 1. The highest BCUT2D eigenvalue weighted by Gasteiger charge is 2.42. The highest BCUT2D eigenvalue weighted by Crippen LogP contribution is 2.37. The van der Waals surface area contributed by atoms with E-state index in [4.69, 9.17) is 0 Å². The highest BCUT2D eigenvalue weighted by atomic mass is 32.2. The maximum atomic E-state index is 13.0. The third kappa shape index (κ3) is 4.43. The number of nitrogens with zero attached hydrogens (tertiary/aromatic N) is 3. The van der Waals surface area contributed by atoms with Gasteiger partial charge < -0.3 is 9.15 Å². The molecular weight excluding hydrogens is 384 g/mol. The largest absolute Gasteiger partial charge is 0.468 e. The molecule has 14 heteroatoms. The number of aryl methyl sites for hydroxylation is 1. The van der Waals surface area contributed by atoms with Crippen LogP contribution in [0.3, 0.4) is 0 Å². The van der Waals surface area contributed by atoms with Crippen molar-refractivity contribution < 1.29 is 43.9 Å². The Balaban J connectivity index is 2.49. The van der Waals surface area contributed by atoms with Crippen LogP contribution in [-0.2, 0) is 28.8 Å². The Bertz CT molecular complexity index is 839. The van der Waals surface area contributed by atoms with Gasteiger partial charge in [-0.15, -0.1) is 0 Å². The Hall–Kier alpha value is -2.25. The van der Waals surface area contributed by atoms with Gasteiger partial charge in [0.05, 0.1) is 17.5 Å². The first kappa shape index (κ1) is 19.1. The summed E-state index contributed by atoms with van der Waals surface area (Å²) in [7, 11) is -3.62. The zero-order chi connectivity index (χ0) is 19.0. The maximum absolute atomic E-state index is 13.0.